The lowest BCUT2D eigenvalue weighted by Crippen LogP contribution is -2.54. The molecule has 2 aromatic rings. The third-order valence-electron chi connectivity index (χ3n) is 4.72. The van der Waals surface area contributed by atoms with Gasteiger partial charge in [-0.1, -0.05) is 6.92 Å². The van der Waals surface area contributed by atoms with Gasteiger partial charge in [0.1, 0.15) is 17.3 Å². The number of aromatic nitrogens is 2. The van der Waals surface area contributed by atoms with E-state index in [1.807, 2.05) is 17.9 Å². The van der Waals surface area contributed by atoms with Crippen LogP contribution >= 0.6 is 0 Å². The van der Waals surface area contributed by atoms with Gasteiger partial charge in [-0.3, -0.25) is 4.79 Å². The number of hydrogen-bond donors (Lipinski definition) is 1. The highest BCUT2D eigenvalue weighted by Gasteiger charge is 2.30. The Morgan fingerprint density at radius 2 is 2.20 bits per heavy atom. The monoisotopic (exact) mass is 341 g/mol. The lowest BCUT2D eigenvalue weighted by Gasteiger charge is -2.41. The summed E-state index contributed by atoms with van der Waals surface area (Å²) in [6.07, 6.45) is -0.199. The number of hydrogen-bond acceptors (Lipinski definition) is 5. The third kappa shape index (κ3) is 2.89. The Morgan fingerprint density at radius 3 is 2.84 bits per heavy atom. The number of fused-ring (bicyclic) bond motifs is 1. The van der Waals surface area contributed by atoms with Gasteiger partial charge in [0.2, 0.25) is 0 Å². The molecule has 8 nitrogen and oxygen atoms in total. The fourth-order valence-corrected chi connectivity index (χ4v) is 3.29. The summed E-state index contributed by atoms with van der Waals surface area (Å²) in [5.74, 6) is 0. The molecular weight excluding hydrogens is 322 g/mol. The van der Waals surface area contributed by atoms with Crippen LogP contribution in [0.5, 0.6) is 0 Å². The summed E-state index contributed by atoms with van der Waals surface area (Å²) in [6.45, 7) is 3.20. The Hall–Kier alpha value is -3.08. The van der Waals surface area contributed by atoms with Gasteiger partial charge in [-0.2, -0.15) is 5.26 Å². The van der Waals surface area contributed by atoms with Crippen LogP contribution in [0.25, 0.3) is 11.0 Å². The molecule has 130 valence electrons. The molecule has 2 aromatic heterocycles. The lowest BCUT2D eigenvalue weighted by atomic mass is 10.1. The SMILES string of the molecule is CCC1CN(C(=O)O)CCN1c1cc(=O)n(C)c2ccc(C#N)nc12. The highest BCUT2D eigenvalue weighted by atomic mass is 16.4. The maximum absolute atomic E-state index is 12.4. The second kappa shape index (κ2) is 6.43. The zero-order chi connectivity index (χ0) is 18.1. The first kappa shape index (κ1) is 16.8. The highest BCUT2D eigenvalue weighted by Crippen LogP contribution is 2.28. The molecule has 1 saturated heterocycles. The number of nitriles is 1. The van der Waals surface area contributed by atoms with Crippen LogP contribution in [0.15, 0.2) is 23.0 Å². The van der Waals surface area contributed by atoms with Crippen LogP contribution in [0.4, 0.5) is 10.5 Å². The van der Waals surface area contributed by atoms with Crippen molar-refractivity contribution in [1.82, 2.24) is 14.5 Å². The number of carboxylic acid groups (broad SMARTS) is 1. The fraction of sp³-hybridized carbons (Fsp3) is 0.412. The van der Waals surface area contributed by atoms with Crippen LogP contribution < -0.4 is 10.5 Å². The van der Waals surface area contributed by atoms with Crippen LogP contribution in [0.2, 0.25) is 0 Å². The van der Waals surface area contributed by atoms with Crippen molar-refractivity contribution in [2.45, 2.75) is 19.4 Å². The fourth-order valence-electron chi connectivity index (χ4n) is 3.29. The minimum Gasteiger partial charge on any atom is -0.465 e. The van der Waals surface area contributed by atoms with Gasteiger partial charge in [-0.25, -0.2) is 9.78 Å². The van der Waals surface area contributed by atoms with Crippen molar-refractivity contribution in [3.8, 4) is 6.07 Å². The van der Waals surface area contributed by atoms with E-state index in [2.05, 4.69) is 4.98 Å². The average molecular weight is 341 g/mol. The highest BCUT2D eigenvalue weighted by molar-refractivity contribution is 5.89. The van der Waals surface area contributed by atoms with Gasteiger partial charge in [0, 0.05) is 38.8 Å². The second-order valence-electron chi connectivity index (χ2n) is 6.09. The number of rotatable bonds is 2. The Labute approximate surface area is 144 Å². The molecule has 0 aliphatic carbocycles. The molecule has 8 heteroatoms. The van der Waals surface area contributed by atoms with Crippen LogP contribution in [-0.4, -0.2) is 51.3 Å². The average Bonchev–Trinajstić information content (AvgIpc) is 2.63. The Kier molecular flexibility index (Phi) is 4.31. The molecule has 3 rings (SSSR count). The van der Waals surface area contributed by atoms with E-state index in [4.69, 9.17) is 5.26 Å². The Morgan fingerprint density at radius 1 is 1.44 bits per heavy atom. The van der Waals surface area contributed by atoms with Crippen molar-refractivity contribution >= 4 is 22.8 Å². The van der Waals surface area contributed by atoms with Crippen molar-refractivity contribution in [3.63, 3.8) is 0 Å². The number of anilines is 1. The van der Waals surface area contributed by atoms with Crippen molar-refractivity contribution in [1.29, 1.82) is 5.26 Å². The van der Waals surface area contributed by atoms with Gasteiger partial charge in [-0.05, 0) is 18.6 Å². The van der Waals surface area contributed by atoms with Gasteiger partial charge in [0.25, 0.3) is 5.56 Å². The molecule has 0 saturated carbocycles. The standard InChI is InChI=1S/C17H19N5O3/c1-3-12-10-21(17(24)25)6-7-22(12)14-8-15(23)20(2)13-5-4-11(9-18)19-16(13)14/h4-5,8,12H,3,6-7,10H2,1-2H3,(H,24,25). The molecular formula is C17H19N5O3. The zero-order valence-corrected chi connectivity index (χ0v) is 14.1. The summed E-state index contributed by atoms with van der Waals surface area (Å²) in [7, 11) is 1.67. The van der Waals surface area contributed by atoms with E-state index in [0.717, 1.165) is 6.42 Å². The number of piperazine rings is 1. The third-order valence-corrected chi connectivity index (χ3v) is 4.72. The number of aryl methyl sites for hydroxylation is 1. The molecule has 1 amide bonds. The molecule has 1 atom stereocenters. The van der Waals surface area contributed by atoms with Crippen LogP contribution in [-0.2, 0) is 7.05 Å². The molecule has 0 spiro atoms. The summed E-state index contributed by atoms with van der Waals surface area (Å²) in [4.78, 5) is 31.4. The second-order valence-corrected chi connectivity index (χ2v) is 6.09. The predicted molar refractivity (Wildman–Crippen MR) is 92.7 cm³/mol. The zero-order valence-electron chi connectivity index (χ0n) is 14.1. The summed E-state index contributed by atoms with van der Waals surface area (Å²) in [5, 5.41) is 18.4. The lowest BCUT2D eigenvalue weighted by molar-refractivity contribution is 0.134. The van der Waals surface area contributed by atoms with Crippen LogP contribution in [0, 0.1) is 11.3 Å². The van der Waals surface area contributed by atoms with E-state index >= 15 is 0 Å². The Bertz CT molecular complexity index is 930. The maximum atomic E-state index is 12.4. The normalized spacial score (nSPS) is 17.6. The van der Waals surface area contributed by atoms with E-state index < -0.39 is 6.09 Å². The van der Waals surface area contributed by atoms with E-state index in [1.54, 1.807) is 19.2 Å². The molecule has 0 aromatic carbocycles. The van der Waals surface area contributed by atoms with Crippen LogP contribution in [0.1, 0.15) is 19.0 Å². The van der Waals surface area contributed by atoms with Crippen molar-refractivity contribution < 1.29 is 9.90 Å². The first-order valence-electron chi connectivity index (χ1n) is 8.11. The van der Waals surface area contributed by atoms with Gasteiger partial charge in [-0.15, -0.1) is 0 Å². The van der Waals surface area contributed by atoms with Crippen molar-refractivity contribution in [2.24, 2.45) is 7.05 Å². The van der Waals surface area contributed by atoms with Gasteiger partial charge in [0.05, 0.1) is 11.2 Å². The molecule has 1 aliphatic rings. The van der Waals surface area contributed by atoms with E-state index in [9.17, 15) is 14.7 Å². The quantitative estimate of drug-likeness (QED) is 0.885. The molecule has 1 fully saturated rings. The first-order valence-corrected chi connectivity index (χ1v) is 8.11. The van der Waals surface area contributed by atoms with Crippen molar-refractivity contribution in [3.05, 3.63) is 34.2 Å². The van der Waals surface area contributed by atoms with E-state index in [-0.39, 0.29) is 17.3 Å². The summed E-state index contributed by atoms with van der Waals surface area (Å²) in [6, 6.07) is 6.81. The first-order chi connectivity index (χ1) is 12.0. The van der Waals surface area contributed by atoms with E-state index in [1.165, 1.54) is 15.5 Å². The largest absolute Gasteiger partial charge is 0.465 e. The number of pyridine rings is 2. The van der Waals surface area contributed by atoms with Gasteiger partial charge >= 0.3 is 6.09 Å². The minimum atomic E-state index is -0.933. The summed E-state index contributed by atoms with van der Waals surface area (Å²) >= 11 is 0. The number of amides is 1. The predicted octanol–water partition coefficient (Wildman–Crippen LogP) is 1.38. The molecule has 25 heavy (non-hydrogen) atoms. The van der Waals surface area contributed by atoms with Gasteiger partial charge in [0.15, 0.2) is 0 Å². The smallest absolute Gasteiger partial charge is 0.407 e. The van der Waals surface area contributed by atoms with Crippen LogP contribution in [0.3, 0.4) is 0 Å². The Balaban J connectivity index is 2.14. The molecule has 1 aliphatic heterocycles. The molecule has 0 bridgehead atoms. The van der Waals surface area contributed by atoms with Gasteiger partial charge < -0.3 is 19.5 Å². The molecule has 1 N–H and O–H groups in total. The maximum Gasteiger partial charge on any atom is 0.407 e. The minimum absolute atomic E-state index is 0.0484. The summed E-state index contributed by atoms with van der Waals surface area (Å²) in [5.41, 5.74) is 2.02. The number of carbonyl (C=O) groups is 1. The topological polar surface area (TPSA) is 102 Å². The van der Waals surface area contributed by atoms with Crippen molar-refractivity contribution in [2.75, 3.05) is 24.5 Å². The summed E-state index contributed by atoms with van der Waals surface area (Å²) < 4.78 is 1.50. The molecule has 0 radical (unpaired) electrons. The van der Waals surface area contributed by atoms with E-state index in [0.29, 0.717) is 36.4 Å². The molecule has 3 heterocycles. The molecule has 1 unspecified atom stereocenters. The number of nitrogens with zero attached hydrogens (tertiary/aromatic N) is 5.